The Morgan fingerprint density at radius 3 is 2.89 bits per heavy atom. The first kappa shape index (κ1) is 15.1. The van der Waals surface area contributed by atoms with Crippen molar-refractivity contribution in [2.24, 2.45) is 11.7 Å². The third-order valence-electron chi connectivity index (χ3n) is 2.75. The van der Waals surface area contributed by atoms with Crippen LogP contribution in [0.1, 0.15) is 35.8 Å². The number of carbonyl (C=O) groups excluding carboxylic acids is 1. The molecular weight excluding hydrogens is 246 g/mol. The topological polar surface area (TPSA) is 105 Å². The molecule has 1 atom stereocenters. The van der Waals surface area contributed by atoms with Crippen LogP contribution in [0.2, 0.25) is 0 Å². The van der Waals surface area contributed by atoms with Crippen LogP contribution in [0.4, 0.5) is 0 Å². The van der Waals surface area contributed by atoms with Crippen molar-refractivity contribution in [1.82, 2.24) is 10.3 Å². The number of amides is 1. The van der Waals surface area contributed by atoms with E-state index in [0.717, 1.165) is 0 Å². The van der Waals surface area contributed by atoms with Crippen molar-refractivity contribution in [3.05, 3.63) is 29.6 Å². The van der Waals surface area contributed by atoms with E-state index >= 15 is 0 Å². The lowest BCUT2D eigenvalue weighted by atomic mass is 10.1. The minimum Gasteiger partial charge on any atom is -0.481 e. The van der Waals surface area contributed by atoms with Gasteiger partial charge >= 0.3 is 5.97 Å². The van der Waals surface area contributed by atoms with Gasteiger partial charge in [0.05, 0.1) is 5.69 Å². The smallest absolute Gasteiger partial charge is 0.303 e. The van der Waals surface area contributed by atoms with Gasteiger partial charge in [0.15, 0.2) is 0 Å². The zero-order valence-corrected chi connectivity index (χ0v) is 10.9. The molecule has 0 saturated heterocycles. The number of aliphatic carboxylic acids is 1. The number of nitrogens with two attached hydrogens (primary N) is 1. The quantitative estimate of drug-likeness (QED) is 0.675. The molecule has 0 aliphatic carbocycles. The number of rotatable bonds is 7. The summed E-state index contributed by atoms with van der Waals surface area (Å²) in [5, 5.41) is 11.3. The molecule has 1 heterocycles. The molecule has 1 amide bonds. The molecule has 0 aromatic carbocycles. The maximum Gasteiger partial charge on any atom is 0.303 e. The van der Waals surface area contributed by atoms with Gasteiger partial charge < -0.3 is 16.2 Å². The monoisotopic (exact) mass is 265 g/mol. The number of carboxylic acids is 1. The molecule has 19 heavy (non-hydrogen) atoms. The van der Waals surface area contributed by atoms with E-state index in [1.807, 2.05) is 6.92 Å². The molecule has 6 nitrogen and oxygen atoms in total. The maximum atomic E-state index is 11.9. The molecule has 0 spiro atoms. The van der Waals surface area contributed by atoms with Crippen LogP contribution < -0.4 is 11.1 Å². The number of hydrogen-bond donors (Lipinski definition) is 3. The Morgan fingerprint density at radius 1 is 1.53 bits per heavy atom. The van der Waals surface area contributed by atoms with Crippen molar-refractivity contribution in [3.8, 4) is 0 Å². The van der Waals surface area contributed by atoms with Gasteiger partial charge in [-0.3, -0.25) is 14.6 Å². The number of hydrogen-bond acceptors (Lipinski definition) is 4. The number of nitrogens with one attached hydrogen (secondary N) is 1. The predicted octanol–water partition coefficient (Wildman–Crippen LogP) is 0.771. The highest BCUT2D eigenvalue weighted by atomic mass is 16.4. The Balaban J connectivity index is 2.44. The lowest BCUT2D eigenvalue weighted by Crippen LogP contribution is -2.28. The molecule has 0 aliphatic rings. The zero-order chi connectivity index (χ0) is 14.3. The normalized spacial score (nSPS) is 11.9. The molecule has 4 N–H and O–H groups in total. The van der Waals surface area contributed by atoms with E-state index in [0.29, 0.717) is 24.2 Å². The van der Waals surface area contributed by atoms with Gasteiger partial charge in [-0.25, -0.2) is 0 Å². The van der Waals surface area contributed by atoms with E-state index in [-0.39, 0.29) is 24.8 Å². The molecule has 0 saturated carbocycles. The highest BCUT2D eigenvalue weighted by Gasteiger charge is 2.10. The Morgan fingerprint density at radius 2 is 2.26 bits per heavy atom. The minimum atomic E-state index is -0.820. The molecular formula is C13H19N3O3. The third kappa shape index (κ3) is 5.48. The number of pyridine rings is 1. The van der Waals surface area contributed by atoms with Gasteiger partial charge in [-0.05, 0) is 24.5 Å². The lowest BCUT2D eigenvalue weighted by Gasteiger charge is -2.11. The first-order valence-electron chi connectivity index (χ1n) is 6.18. The fraction of sp³-hybridized carbons (Fsp3) is 0.462. The molecule has 1 aromatic heterocycles. The van der Waals surface area contributed by atoms with Gasteiger partial charge in [0.25, 0.3) is 5.91 Å². The van der Waals surface area contributed by atoms with E-state index < -0.39 is 5.97 Å². The molecule has 104 valence electrons. The SMILES string of the molecule is CC(CCC(=O)O)CNC(=O)c1ccnc(CN)c1. The van der Waals surface area contributed by atoms with E-state index in [9.17, 15) is 9.59 Å². The van der Waals surface area contributed by atoms with Crippen molar-refractivity contribution >= 4 is 11.9 Å². The molecule has 0 fully saturated rings. The largest absolute Gasteiger partial charge is 0.481 e. The Bertz CT molecular complexity index is 449. The summed E-state index contributed by atoms with van der Waals surface area (Å²) in [7, 11) is 0. The van der Waals surface area contributed by atoms with Gasteiger partial charge in [0, 0.05) is 31.3 Å². The van der Waals surface area contributed by atoms with Crippen molar-refractivity contribution in [2.75, 3.05) is 6.54 Å². The second kappa shape index (κ2) is 7.48. The Hall–Kier alpha value is -1.95. The van der Waals surface area contributed by atoms with Crippen molar-refractivity contribution < 1.29 is 14.7 Å². The molecule has 0 aliphatic heterocycles. The number of carbonyl (C=O) groups is 2. The molecule has 1 unspecified atom stereocenters. The van der Waals surface area contributed by atoms with E-state index in [1.165, 1.54) is 0 Å². The molecule has 0 bridgehead atoms. The Labute approximate surface area is 112 Å². The van der Waals surface area contributed by atoms with Crippen LogP contribution in [0.5, 0.6) is 0 Å². The van der Waals surface area contributed by atoms with E-state index in [1.54, 1.807) is 18.3 Å². The highest BCUT2D eigenvalue weighted by molar-refractivity contribution is 5.94. The summed E-state index contributed by atoms with van der Waals surface area (Å²) in [6.07, 6.45) is 2.20. The van der Waals surface area contributed by atoms with E-state index in [4.69, 9.17) is 10.8 Å². The summed E-state index contributed by atoms with van der Waals surface area (Å²) < 4.78 is 0. The minimum absolute atomic E-state index is 0.115. The maximum absolute atomic E-state index is 11.9. The molecule has 1 rings (SSSR count). The first-order chi connectivity index (χ1) is 9.02. The van der Waals surface area contributed by atoms with Crippen LogP contribution in [0.15, 0.2) is 18.3 Å². The zero-order valence-electron chi connectivity index (χ0n) is 10.9. The van der Waals surface area contributed by atoms with Gasteiger partial charge in [-0.1, -0.05) is 6.92 Å². The summed E-state index contributed by atoms with van der Waals surface area (Å²) >= 11 is 0. The predicted molar refractivity (Wildman–Crippen MR) is 70.5 cm³/mol. The van der Waals surface area contributed by atoms with Gasteiger partial charge in [0.1, 0.15) is 0 Å². The highest BCUT2D eigenvalue weighted by Crippen LogP contribution is 2.05. The van der Waals surface area contributed by atoms with Gasteiger partial charge in [0.2, 0.25) is 0 Å². The first-order valence-corrected chi connectivity index (χ1v) is 6.18. The molecule has 1 aromatic rings. The van der Waals surface area contributed by atoms with Crippen LogP contribution in [0.25, 0.3) is 0 Å². The standard InChI is InChI=1S/C13H19N3O3/c1-9(2-3-12(17)18)8-16-13(19)10-4-5-15-11(6-10)7-14/h4-6,9H,2-3,7-8,14H2,1H3,(H,16,19)(H,17,18). The third-order valence-corrected chi connectivity index (χ3v) is 2.75. The number of nitrogens with zero attached hydrogens (tertiary/aromatic N) is 1. The summed E-state index contributed by atoms with van der Waals surface area (Å²) in [6, 6.07) is 3.27. The fourth-order valence-corrected chi connectivity index (χ4v) is 1.57. The van der Waals surface area contributed by atoms with Crippen molar-refractivity contribution in [1.29, 1.82) is 0 Å². The van der Waals surface area contributed by atoms with Gasteiger partial charge in [-0.2, -0.15) is 0 Å². The second-order valence-electron chi connectivity index (χ2n) is 4.49. The average molecular weight is 265 g/mol. The second-order valence-corrected chi connectivity index (χ2v) is 4.49. The number of aromatic nitrogens is 1. The van der Waals surface area contributed by atoms with Crippen LogP contribution in [0, 0.1) is 5.92 Å². The molecule has 0 radical (unpaired) electrons. The van der Waals surface area contributed by atoms with Gasteiger partial charge in [-0.15, -0.1) is 0 Å². The summed E-state index contributed by atoms with van der Waals surface area (Å²) in [6.45, 7) is 2.64. The molecule has 6 heteroatoms. The summed E-state index contributed by atoms with van der Waals surface area (Å²) in [5.41, 5.74) is 6.63. The van der Waals surface area contributed by atoms with Crippen LogP contribution >= 0.6 is 0 Å². The van der Waals surface area contributed by atoms with Crippen LogP contribution in [-0.2, 0) is 11.3 Å². The lowest BCUT2D eigenvalue weighted by molar-refractivity contribution is -0.137. The van der Waals surface area contributed by atoms with Crippen molar-refractivity contribution in [2.45, 2.75) is 26.3 Å². The van der Waals surface area contributed by atoms with Crippen molar-refractivity contribution in [3.63, 3.8) is 0 Å². The fourth-order valence-electron chi connectivity index (χ4n) is 1.57. The summed E-state index contributed by atoms with van der Waals surface area (Å²) in [4.78, 5) is 26.3. The van der Waals surface area contributed by atoms with Crippen LogP contribution in [0.3, 0.4) is 0 Å². The summed E-state index contributed by atoms with van der Waals surface area (Å²) in [5.74, 6) is -0.893. The number of carboxylic acid groups (broad SMARTS) is 1. The Kier molecular flexibility index (Phi) is 5.95. The van der Waals surface area contributed by atoms with Crippen LogP contribution in [-0.4, -0.2) is 28.5 Å². The average Bonchev–Trinajstić information content (AvgIpc) is 2.42. The van der Waals surface area contributed by atoms with E-state index in [2.05, 4.69) is 10.3 Å².